The molecule has 1 aromatic heterocycles. The summed E-state index contributed by atoms with van der Waals surface area (Å²) in [7, 11) is 0. The maximum atomic E-state index is 15.0. The molecule has 0 atom stereocenters. The van der Waals surface area contributed by atoms with E-state index in [4.69, 9.17) is 10.8 Å². The average molecular weight is 396 g/mol. The highest BCUT2D eigenvalue weighted by atomic mass is 19.1. The number of halogens is 2. The predicted octanol–water partition coefficient (Wildman–Crippen LogP) is 4.86. The fourth-order valence-corrected chi connectivity index (χ4v) is 4.18. The van der Waals surface area contributed by atoms with Crippen molar-refractivity contribution in [2.75, 3.05) is 5.73 Å². The van der Waals surface area contributed by atoms with Crippen LogP contribution >= 0.6 is 0 Å². The molecule has 152 valence electrons. The third kappa shape index (κ3) is 3.02. The van der Waals surface area contributed by atoms with Crippen LogP contribution in [0.15, 0.2) is 30.3 Å². The Morgan fingerprint density at radius 3 is 2.38 bits per heavy atom. The van der Waals surface area contributed by atoms with Crippen LogP contribution in [-0.2, 0) is 24.9 Å². The molecule has 0 saturated carbocycles. The summed E-state index contributed by atoms with van der Waals surface area (Å²) in [4.78, 5) is 0. The lowest BCUT2D eigenvalue weighted by atomic mass is 9.98. The van der Waals surface area contributed by atoms with Crippen LogP contribution in [-0.4, -0.2) is 9.78 Å². The summed E-state index contributed by atoms with van der Waals surface area (Å²) in [6.45, 7) is 8.81. The molecule has 4 rings (SSSR count). The second-order valence-corrected chi connectivity index (χ2v) is 8.05. The van der Waals surface area contributed by atoms with E-state index in [9.17, 15) is 4.39 Å². The average Bonchev–Trinajstić information content (AvgIpc) is 3.21. The number of nitrogens with zero attached hydrogens (tertiary/aromatic N) is 2. The zero-order chi connectivity index (χ0) is 20.9. The maximum Gasteiger partial charge on any atom is 0.146 e. The minimum Gasteiger partial charge on any atom is -0.396 e. The number of aryl methyl sites for hydroxylation is 2. The first-order valence-corrected chi connectivity index (χ1v) is 10.0. The Hall–Kier alpha value is -2.73. The van der Waals surface area contributed by atoms with E-state index in [0.29, 0.717) is 12.2 Å². The number of nitrogens with one attached hydrogen (secondary N) is 1. The van der Waals surface area contributed by atoms with Gasteiger partial charge in [-0.25, -0.2) is 13.5 Å². The third-order valence-corrected chi connectivity index (χ3v) is 5.80. The highest BCUT2D eigenvalue weighted by Crippen LogP contribution is 2.40. The number of anilines is 1. The number of aromatic nitrogens is 2. The number of nitrogens with two attached hydrogens (primary N) is 1. The van der Waals surface area contributed by atoms with Gasteiger partial charge in [0.1, 0.15) is 11.6 Å². The number of para-hydroxylation sites is 1. The van der Waals surface area contributed by atoms with Crippen LogP contribution in [0.5, 0.6) is 0 Å². The van der Waals surface area contributed by atoms with Crippen molar-refractivity contribution in [2.24, 2.45) is 0 Å². The molecule has 0 bridgehead atoms. The van der Waals surface area contributed by atoms with E-state index in [-0.39, 0.29) is 16.8 Å². The Morgan fingerprint density at radius 2 is 1.76 bits per heavy atom. The second-order valence-electron chi connectivity index (χ2n) is 8.05. The smallest absolute Gasteiger partial charge is 0.146 e. The van der Waals surface area contributed by atoms with Gasteiger partial charge in [0, 0.05) is 23.7 Å². The van der Waals surface area contributed by atoms with E-state index >= 15 is 4.39 Å². The van der Waals surface area contributed by atoms with Crippen molar-refractivity contribution in [3.8, 4) is 16.9 Å². The van der Waals surface area contributed by atoms with E-state index in [2.05, 4.69) is 31.3 Å². The van der Waals surface area contributed by atoms with Crippen molar-refractivity contribution in [1.29, 1.82) is 0 Å². The van der Waals surface area contributed by atoms with E-state index in [0.717, 1.165) is 47.0 Å². The monoisotopic (exact) mass is 396 g/mol. The van der Waals surface area contributed by atoms with Gasteiger partial charge in [-0.1, -0.05) is 32.0 Å². The molecule has 1 aliphatic rings. The number of fused-ring (bicyclic) bond motifs is 1. The molecule has 0 aliphatic carbocycles. The zero-order valence-electron chi connectivity index (χ0n) is 17.2. The Balaban J connectivity index is 2.10. The molecule has 6 heteroatoms. The lowest BCUT2D eigenvalue weighted by Gasteiger charge is -2.20. The lowest BCUT2D eigenvalue weighted by molar-refractivity contribution is 0.426. The molecule has 29 heavy (non-hydrogen) atoms. The first kappa shape index (κ1) is 19.6. The molecule has 3 N–H and O–H groups in total. The van der Waals surface area contributed by atoms with Gasteiger partial charge in [0.05, 0.1) is 28.3 Å². The van der Waals surface area contributed by atoms with E-state index in [1.165, 1.54) is 6.07 Å². The highest BCUT2D eigenvalue weighted by Gasteiger charge is 2.37. The van der Waals surface area contributed by atoms with Crippen molar-refractivity contribution < 1.29 is 8.78 Å². The van der Waals surface area contributed by atoms with Crippen molar-refractivity contribution in [2.45, 2.75) is 52.6 Å². The van der Waals surface area contributed by atoms with Crippen molar-refractivity contribution >= 4 is 5.69 Å². The van der Waals surface area contributed by atoms with Crippen LogP contribution in [0.3, 0.4) is 0 Å². The molecule has 0 fully saturated rings. The molecule has 0 spiro atoms. The lowest BCUT2D eigenvalue weighted by Crippen LogP contribution is -2.30. The van der Waals surface area contributed by atoms with Crippen LogP contribution in [0.25, 0.3) is 16.9 Å². The van der Waals surface area contributed by atoms with Gasteiger partial charge in [0.25, 0.3) is 0 Å². The summed E-state index contributed by atoms with van der Waals surface area (Å²) in [5.74, 6) is -1.18. The molecular formula is C23H26F2N4. The maximum absolute atomic E-state index is 15.0. The van der Waals surface area contributed by atoms with E-state index < -0.39 is 11.6 Å². The van der Waals surface area contributed by atoms with E-state index in [1.54, 1.807) is 0 Å². The van der Waals surface area contributed by atoms with Crippen molar-refractivity contribution in [1.82, 2.24) is 15.1 Å². The number of hydrogen-bond donors (Lipinski definition) is 2. The summed E-state index contributed by atoms with van der Waals surface area (Å²) in [5, 5.41) is 8.35. The van der Waals surface area contributed by atoms with Crippen LogP contribution in [0.2, 0.25) is 0 Å². The van der Waals surface area contributed by atoms with Crippen molar-refractivity contribution in [3.63, 3.8) is 0 Å². The fourth-order valence-electron chi connectivity index (χ4n) is 4.18. The number of nitrogen functional groups attached to an aromatic ring is 1. The van der Waals surface area contributed by atoms with Gasteiger partial charge in [-0.15, -0.1) is 0 Å². The van der Waals surface area contributed by atoms with Gasteiger partial charge in [0.15, 0.2) is 0 Å². The molecule has 2 heterocycles. The van der Waals surface area contributed by atoms with Crippen LogP contribution in [0, 0.1) is 11.6 Å². The van der Waals surface area contributed by atoms with Gasteiger partial charge < -0.3 is 11.1 Å². The topological polar surface area (TPSA) is 55.9 Å². The normalized spacial score (nSPS) is 15.0. The number of rotatable bonds is 4. The van der Waals surface area contributed by atoms with Crippen LogP contribution in [0.4, 0.5) is 14.5 Å². The molecule has 0 radical (unpaired) electrons. The standard InChI is InChI=1S/C23H26F2N4/c1-5-13-8-7-9-14(6-2)20(13)29-21(15-10-18(25)19(26)11-17(15)24)16-12-27-23(3,4)22(16)28-29/h7-11,27H,5-6,12,26H2,1-4H3. The Kier molecular flexibility index (Phi) is 4.69. The molecule has 3 aromatic rings. The molecule has 0 amide bonds. The third-order valence-electron chi connectivity index (χ3n) is 5.80. The first-order chi connectivity index (χ1) is 13.8. The number of benzene rings is 2. The predicted molar refractivity (Wildman–Crippen MR) is 112 cm³/mol. The van der Waals surface area contributed by atoms with Gasteiger partial charge in [0.2, 0.25) is 0 Å². The molecule has 0 saturated heterocycles. The Labute approximate surface area is 169 Å². The first-order valence-electron chi connectivity index (χ1n) is 10.0. The molecule has 2 aromatic carbocycles. The van der Waals surface area contributed by atoms with Gasteiger partial charge >= 0.3 is 0 Å². The van der Waals surface area contributed by atoms with Gasteiger partial charge in [-0.3, -0.25) is 0 Å². The minimum atomic E-state index is -0.632. The Bertz CT molecular complexity index is 1080. The summed E-state index contributed by atoms with van der Waals surface area (Å²) >= 11 is 0. The molecule has 1 aliphatic heterocycles. The van der Waals surface area contributed by atoms with Gasteiger partial charge in [-0.2, -0.15) is 5.10 Å². The van der Waals surface area contributed by atoms with Crippen LogP contribution in [0.1, 0.15) is 50.1 Å². The minimum absolute atomic E-state index is 0.179. The van der Waals surface area contributed by atoms with Gasteiger partial charge in [-0.05, 0) is 43.9 Å². The quantitative estimate of drug-likeness (QED) is 0.619. The van der Waals surface area contributed by atoms with Crippen LogP contribution < -0.4 is 11.1 Å². The Morgan fingerprint density at radius 1 is 1.10 bits per heavy atom. The highest BCUT2D eigenvalue weighted by molar-refractivity contribution is 5.72. The van der Waals surface area contributed by atoms with Crippen molar-refractivity contribution in [3.05, 3.63) is 64.4 Å². The van der Waals surface area contributed by atoms with E-state index in [1.807, 2.05) is 24.6 Å². The zero-order valence-corrected chi connectivity index (χ0v) is 17.2. The summed E-state index contributed by atoms with van der Waals surface area (Å²) < 4.78 is 31.2. The number of hydrogen-bond acceptors (Lipinski definition) is 3. The SMILES string of the molecule is CCc1cccc(CC)c1-n1nc2c(c1-c1cc(F)c(N)cc1F)CNC2(C)C. The summed E-state index contributed by atoms with van der Waals surface area (Å²) in [6, 6.07) is 8.40. The molecular weight excluding hydrogens is 370 g/mol. The molecule has 0 unspecified atom stereocenters. The molecule has 4 nitrogen and oxygen atoms in total. The summed E-state index contributed by atoms with van der Waals surface area (Å²) in [5.41, 5.74) is 10.7. The summed E-state index contributed by atoms with van der Waals surface area (Å²) in [6.07, 6.45) is 1.63. The largest absolute Gasteiger partial charge is 0.396 e. The fraction of sp³-hybridized carbons (Fsp3) is 0.348. The second kappa shape index (κ2) is 6.95.